The van der Waals surface area contributed by atoms with Gasteiger partial charge in [-0.2, -0.15) is 0 Å². The summed E-state index contributed by atoms with van der Waals surface area (Å²) in [7, 11) is 0. The number of hydrogen-bond acceptors (Lipinski definition) is 6. The Balaban J connectivity index is 1.23. The molecule has 1 aromatic carbocycles. The molecule has 2 aromatic rings. The predicted octanol–water partition coefficient (Wildman–Crippen LogP) is 2.50. The highest BCUT2D eigenvalue weighted by Crippen LogP contribution is 2.22. The number of amides is 1. The van der Waals surface area contributed by atoms with Gasteiger partial charge in [-0.05, 0) is 31.4 Å². The fourth-order valence-corrected chi connectivity index (χ4v) is 4.67. The van der Waals surface area contributed by atoms with Crippen LogP contribution in [0.5, 0.6) is 0 Å². The molecule has 2 saturated heterocycles. The van der Waals surface area contributed by atoms with Crippen molar-refractivity contribution in [2.75, 3.05) is 63.8 Å². The highest BCUT2D eigenvalue weighted by Gasteiger charge is 2.27. The van der Waals surface area contributed by atoms with Crippen molar-refractivity contribution in [1.29, 1.82) is 0 Å². The van der Waals surface area contributed by atoms with Gasteiger partial charge in [0, 0.05) is 70.3 Å². The van der Waals surface area contributed by atoms with Crippen molar-refractivity contribution in [2.24, 2.45) is 5.92 Å². The minimum Gasteiger partial charge on any atom is -0.355 e. The van der Waals surface area contributed by atoms with E-state index >= 15 is 0 Å². The average Bonchev–Trinajstić information content (AvgIpc) is 2.86. The minimum atomic E-state index is 0.00236. The largest absolute Gasteiger partial charge is 0.355 e. The molecule has 1 atom stereocenters. The summed E-state index contributed by atoms with van der Waals surface area (Å²) >= 11 is 0. The second-order valence-corrected chi connectivity index (χ2v) is 8.90. The van der Waals surface area contributed by atoms with E-state index < -0.39 is 0 Å². The molecule has 0 saturated carbocycles. The van der Waals surface area contributed by atoms with Crippen molar-refractivity contribution >= 4 is 11.9 Å². The molecule has 172 valence electrons. The summed E-state index contributed by atoms with van der Waals surface area (Å²) in [6.07, 6.45) is 6.89. The first-order valence-electron chi connectivity index (χ1n) is 12.1. The summed E-state index contributed by atoms with van der Waals surface area (Å²) in [5, 5.41) is 3.18. The number of carbonyl (C=O) groups excluding carboxylic acids is 1. The number of nitrogens with one attached hydrogen (secondary N) is 1. The van der Waals surface area contributed by atoms with Crippen LogP contribution in [0.4, 0.5) is 5.95 Å². The van der Waals surface area contributed by atoms with Crippen LogP contribution in [0.2, 0.25) is 0 Å². The number of rotatable bonds is 8. The van der Waals surface area contributed by atoms with Crippen molar-refractivity contribution < 1.29 is 4.79 Å². The molecule has 7 nitrogen and oxygen atoms in total. The topological polar surface area (TPSA) is 64.6 Å². The van der Waals surface area contributed by atoms with Gasteiger partial charge in [0.1, 0.15) is 0 Å². The van der Waals surface area contributed by atoms with E-state index in [2.05, 4.69) is 49.0 Å². The molecule has 1 N–H and O–H groups in total. The van der Waals surface area contributed by atoms with Gasteiger partial charge >= 0.3 is 0 Å². The molecule has 1 aromatic heterocycles. The number of anilines is 1. The van der Waals surface area contributed by atoms with Crippen LogP contribution < -0.4 is 10.2 Å². The third kappa shape index (κ3) is 6.04. The third-order valence-electron chi connectivity index (χ3n) is 6.55. The highest BCUT2D eigenvalue weighted by molar-refractivity contribution is 5.79. The molecule has 0 aliphatic carbocycles. The van der Waals surface area contributed by atoms with E-state index in [0.29, 0.717) is 12.5 Å². The van der Waals surface area contributed by atoms with Gasteiger partial charge in [0.25, 0.3) is 0 Å². The lowest BCUT2D eigenvalue weighted by Gasteiger charge is -2.35. The smallest absolute Gasteiger partial charge is 0.225 e. The van der Waals surface area contributed by atoms with Gasteiger partial charge in [-0.25, -0.2) is 9.97 Å². The average molecular weight is 437 g/mol. The monoisotopic (exact) mass is 436 g/mol. The molecule has 3 heterocycles. The van der Waals surface area contributed by atoms with Crippen LogP contribution in [0.3, 0.4) is 0 Å². The Kier molecular flexibility index (Phi) is 8.07. The Bertz CT molecular complexity index is 835. The lowest BCUT2D eigenvalue weighted by Crippen LogP contribution is -2.49. The number of piperidine rings is 1. The van der Waals surface area contributed by atoms with Gasteiger partial charge in [0.15, 0.2) is 0 Å². The van der Waals surface area contributed by atoms with E-state index in [1.54, 1.807) is 0 Å². The number of piperazine rings is 1. The molecule has 0 bridgehead atoms. The van der Waals surface area contributed by atoms with Crippen molar-refractivity contribution in [3.63, 3.8) is 0 Å². The van der Waals surface area contributed by atoms with E-state index in [0.717, 1.165) is 69.8 Å². The molecule has 2 fully saturated rings. The highest BCUT2D eigenvalue weighted by atomic mass is 16.1. The van der Waals surface area contributed by atoms with Crippen molar-refractivity contribution in [3.8, 4) is 11.1 Å². The van der Waals surface area contributed by atoms with Gasteiger partial charge in [-0.15, -0.1) is 0 Å². The van der Waals surface area contributed by atoms with E-state index in [9.17, 15) is 4.79 Å². The Morgan fingerprint density at radius 3 is 2.34 bits per heavy atom. The molecule has 0 spiro atoms. The zero-order valence-corrected chi connectivity index (χ0v) is 19.2. The molecule has 4 rings (SSSR count). The molecule has 7 heteroatoms. The molecule has 0 radical (unpaired) electrons. The third-order valence-corrected chi connectivity index (χ3v) is 6.55. The standard InChI is InChI=1S/C25H36N6O/c1-2-11-29-14-16-30(17-15-29)13-10-26-24(32)22-9-6-12-31(20-22)25-27-18-23(19-28-25)21-7-4-3-5-8-21/h3-5,7-8,18-19,22H,2,6,9-17,20H2,1H3,(H,26,32)/t22-/m0/s1. The number of benzene rings is 1. The van der Waals surface area contributed by atoms with Crippen LogP contribution in [0.25, 0.3) is 11.1 Å². The van der Waals surface area contributed by atoms with E-state index in [4.69, 9.17) is 0 Å². The van der Waals surface area contributed by atoms with E-state index in [1.807, 2.05) is 30.6 Å². The SMILES string of the molecule is CCCN1CCN(CCNC(=O)[C@H]2CCCN(c3ncc(-c4ccccc4)cn3)C2)CC1. The summed E-state index contributed by atoms with van der Waals surface area (Å²) < 4.78 is 0. The number of carbonyl (C=O) groups is 1. The normalized spacial score (nSPS) is 20.3. The summed E-state index contributed by atoms with van der Waals surface area (Å²) in [5.74, 6) is 0.884. The minimum absolute atomic E-state index is 0.00236. The molecule has 1 amide bonds. The number of hydrogen-bond donors (Lipinski definition) is 1. The summed E-state index contributed by atoms with van der Waals surface area (Å²) in [4.78, 5) is 29.1. The fourth-order valence-electron chi connectivity index (χ4n) is 4.67. The predicted molar refractivity (Wildman–Crippen MR) is 129 cm³/mol. The molecular formula is C25H36N6O. The van der Waals surface area contributed by atoms with Crippen molar-refractivity contribution in [2.45, 2.75) is 26.2 Å². The van der Waals surface area contributed by atoms with Gasteiger partial charge in [-0.1, -0.05) is 37.3 Å². The quantitative estimate of drug-likeness (QED) is 0.686. The number of nitrogens with zero attached hydrogens (tertiary/aromatic N) is 5. The molecule has 32 heavy (non-hydrogen) atoms. The Morgan fingerprint density at radius 1 is 0.969 bits per heavy atom. The van der Waals surface area contributed by atoms with Crippen LogP contribution >= 0.6 is 0 Å². The maximum absolute atomic E-state index is 12.8. The molecule has 2 aliphatic heterocycles. The van der Waals surface area contributed by atoms with Crippen molar-refractivity contribution in [1.82, 2.24) is 25.1 Å². The number of aromatic nitrogens is 2. The van der Waals surface area contributed by atoms with Crippen LogP contribution in [-0.4, -0.2) is 84.6 Å². The summed E-state index contributed by atoms with van der Waals surface area (Å²) in [5.41, 5.74) is 2.12. The van der Waals surface area contributed by atoms with Crippen LogP contribution in [0, 0.1) is 5.92 Å². The zero-order chi connectivity index (χ0) is 22.2. The van der Waals surface area contributed by atoms with Gasteiger partial charge < -0.3 is 15.1 Å². The first kappa shape index (κ1) is 22.7. The molecule has 0 unspecified atom stereocenters. The molecule has 2 aliphatic rings. The van der Waals surface area contributed by atoms with Gasteiger partial charge in [0.2, 0.25) is 11.9 Å². The van der Waals surface area contributed by atoms with Crippen molar-refractivity contribution in [3.05, 3.63) is 42.7 Å². The maximum atomic E-state index is 12.8. The lowest BCUT2D eigenvalue weighted by atomic mass is 9.97. The first-order valence-corrected chi connectivity index (χ1v) is 12.1. The second-order valence-electron chi connectivity index (χ2n) is 8.90. The van der Waals surface area contributed by atoms with E-state index in [-0.39, 0.29) is 11.8 Å². The molecular weight excluding hydrogens is 400 g/mol. The summed E-state index contributed by atoms with van der Waals surface area (Å²) in [6, 6.07) is 10.2. The van der Waals surface area contributed by atoms with Gasteiger partial charge in [-0.3, -0.25) is 9.69 Å². The fraction of sp³-hybridized carbons (Fsp3) is 0.560. The lowest BCUT2D eigenvalue weighted by molar-refractivity contribution is -0.125. The Morgan fingerprint density at radius 2 is 1.66 bits per heavy atom. The van der Waals surface area contributed by atoms with Crippen LogP contribution in [-0.2, 0) is 4.79 Å². The van der Waals surface area contributed by atoms with Gasteiger partial charge in [0.05, 0.1) is 5.92 Å². The van der Waals surface area contributed by atoms with Crippen LogP contribution in [0.1, 0.15) is 26.2 Å². The van der Waals surface area contributed by atoms with E-state index in [1.165, 1.54) is 13.0 Å². The second kappa shape index (κ2) is 11.4. The Labute approximate surface area is 191 Å². The zero-order valence-electron chi connectivity index (χ0n) is 19.2. The Hall–Kier alpha value is -2.51. The van der Waals surface area contributed by atoms with Crippen LogP contribution in [0.15, 0.2) is 42.7 Å². The summed E-state index contributed by atoms with van der Waals surface area (Å²) in [6.45, 7) is 11.2. The maximum Gasteiger partial charge on any atom is 0.225 e. The first-order chi connectivity index (χ1) is 15.7.